The number of carbonyl (C=O) groups is 1. The minimum Gasteiger partial charge on any atom is -0.504 e. The fraction of sp³-hybridized carbons (Fsp3) is 0.606. The van der Waals surface area contributed by atoms with E-state index in [1.54, 1.807) is 6.07 Å². The highest BCUT2D eigenvalue weighted by atomic mass is 16.5. The Bertz CT molecular complexity index is 1250. The Morgan fingerprint density at radius 3 is 2.69 bits per heavy atom. The fourth-order valence-electron chi connectivity index (χ4n) is 8.64. The number of amides is 1. The first-order chi connectivity index (χ1) is 18.9. The molecule has 6 heteroatoms. The highest BCUT2D eigenvalue weighted by Crippen LogP contribution is 2.66. The number of carbonyl (C=O) groups excluding carboxylic acids is 1. The number of phenolic OH excluding ortho intramolecular Hbond substituents is 1. The summed E-state index contributed by atoms with van der Waals surface area (Å²) < 4.78 is 6.66. The van der Waals surface area contributed by atoms with Crippen molar-refractivity contribution in [1.29, 1.82) is 0 Å². The number of piperidine rings is 1. The number of aliphatic hydroxyl groups is 1. The summed E-state index contributed by atoms with van der Waals surface area (Å²) in [4.78, 5) is 17.9. The van der Waals surface area contributed by atoms with Crippen LogP contribution in [-0.4, -0.2) is 69.8 Å². The molecule has 2 saturated carbocycles. The average molecular weight is 531 g/mol. The standard InChI is InChI=1S/C33H42N2O4/c1-34(28(37)11-7-3-6-10-22-8-4-2-5-9-22)25-16-17-33(38)27-20-24-14-15-26(36)30-29(24)32(33,31(25)39-30)18-19-35(27)21-23-12-13-23/h2,4-5,8-9,14-15,23,25,27,31,36,38H,3,6-7,10-13,16-21H2,1H3/t25-,27+,31-,32-,33+/m0/s1. The third-order valence-corrected chi connectivity index (χ3v) is 10.8. The fourth-order valence-corrected chi connectivity index (χ4v) is 8.64. The third kappa shape index (κ3) is 3.93. The number of hydrogen-bond donors (Lipinski definition) is 2. The lowest BCUT2D eigenvalue weighted by molar-refractivity contribution is -0.200. The Morgan fingerprint density at radius 1 is 1.08 bits per heavy atom. The molecule has 6 nitrogen and oxygen atoms in total. The highest BCUT2D eigenvalue weighted by molar-refractivity contribution is 5.76. The van der Waals surface area contributed by atoms with Crippen LogP contribution >= 0.6 is 0 Å². The minimum atomic E-state index is -0.908. The molecule has 1 spiro atoms. The number of aromatic hydroxyl groups is 1. The number of aryl methyl sites for hydroxylation is 1. The second-order valence-corrected chi connectivity index (χ2v) is 12.9. The molecule has 2 N–H and O–H groups in total. The Hall–Kier alpha value is -2.57. The quantitative estimate of drug-likeness (QED) is 0.464. The normalized spacial score (nSPS) is 32.4. The summed E-state index contributed by atoms with van der Waals surface area (Å²) in [6.07, 6.45) is 9.83. The van der Waals surface area contributed by atoms with Crippen LogP contribution in [0.1, 0.15) is 74.5 Å². The maximum absolute atomic E-state index is 13.4. The van der Waals surface area contributed by atoms with Gasteiger partial charge in [0, 0.05) is 31.6 Å². The lowest BCUT2D eigenvalue weighted by atomic mass is 9.48. The monoisotopic (exact) mass is 530 g/mol. The number of unbranched alkanes of at least 4 members (excludes halogenated alkanes) is 2. The van der Waals surface area contributed by atoms with Crippen molar-refractivity contribution in [3.05, 3.63) is 59.2 Å². The molecule has 1 amide bonds. The number of hydrogen-bond acceptors (Lipinski definition) is 5. The number of likely N-dealkylation sites (tertiary alicyclic amines) is 1. The van der Waals surface area contributed by atoms with Gasteiger partial charge in [-0.05, 0) is 87.4 Å². The molecule has 1 saturated heterocycles. The van der Waals surface area contributed by atoms with Gasteiger partial charge in [0.15, 0.2) is 11.5 Å². The predicted octanol–water partition coefficient (Wildman–Crippen LogP) is 4.59. The molecular weight excluding hydrogens is 488 g/mol. The van der Waals surface area contributed by atoms with E-state index in [9.17, 15) is 15.0 Å². The van der Waals surface area contributed by atoms with Crippen molar-refractivity contribution in [2.24, 2.45) is 5.92 Å². The molecule has 2 heterocycles. The lowest BCUT2D eigenvalue weighted by Crippen LogP contribution is -2.78. The van der Waals surface area contributed by atoms with Crippen molar-refractivity contribution >= 4 is 5.91 Å². The molecule has 39 heavy (non-hydrogen) atoms. The molecule has 2 aliphatic heterocycles. The van der Waals surface area contributed by atoms with Crippen LogP contribution in [-0.2, 0) is 23.1 Å². The van der Waals surface area contributed by atoms with Crippen LogP contribution in [0.15, 0.2) is 42.5 Å². The van der Waals surface area contributed by atoms with Crippen molar-refractivity contribution in [1.82, 2.24) is 9.80 Å². The SMILES string of the molecule is CN(C(=O)CCCCCc1ccccc1)[C@H]1CC[C@@]2(O)[C@H]3Cc4ccc(O)c5c4[C@@]2(CCN3CC2CC2)[C@H]1O5. The van der Waals surface area contributed by atoms with Crippen LogP contribution in [0.25, 0.3) is 0 Å². The van der Waals surface area contributed by atoms with Crippen LogP contribution in [0.5, 0.6) is 11.5 Å². The van der Waals surface area contributed by atoms with E-state index in [1.165, 1.54) is 24.0 Å². The zero-order valence-corrected chi connectivity index (χ0v) is 23.1. The molecule has 7 rings (SSSR count). The summed E-state index contributed by atoms with van der Waals surface area (Å²) in [7, 11) is 1.92. The van der Waals surface area contributed by atoms with Crippen molar-refractivity contribution in [3.63, 3.8) is 0 Å². The van der Waals surface area contributed by atoms with Gasteiger partial charge in [-0.1, -0.05) is 42.8 Å². The van der Waals surface area contributed by atoms with Gasteiger partial charge in [0.25, 0.3) is 0 Å². The first-order valence-electron chi connectivity index (χ1n) is 15.2. The van der Waals surface area contributed by atoms with Gasteiger partial charge in [0.1, 0.15) is 6.10 Å². The van der Waals surface area contributed by atoms with Crippen molar-refractivity contribution in [2.45, 2.75) is 99.8 Å². The summed E-state index contributed by atoms with van der Waals surface area (Å²) in [6, 6.07) is 14.3. The predicted molar refractivity (Wildman–Crippen MR) is 150 cm³/mol. The van der Waals surface area contributed by atoms with E-state index in [1.807, 2.05) is 24.1 Å². The van der Waals surface area contributed by atoms with Gasteiger partial charge < -0.3 is 19.8 Å². The van der Waals surface area contributed by atoms with E-state index >= 15 is 0 Å². The molecule has 208 valence electrons. The van der Waals surface area contributed by atoms with Gasteiger partial charge in [-0.25, -0.2) is 0 Å². The second-order valence-electron chi connectivity index (χ2n) is 12.9. The van der Waals surface area contributed by atoms with Crippen molar-refractivity contribution in [2.75, 3.05) is 20.1 Å². The third-order valence-electron chi connectivity index (χ3n) is 10.8. The van der Waals surface area contributed by atoms with Crippen LogP contribution in [0.3, 0.4) is 0 Å². The first kappa shape index (κ1) is 25.4. The molecule has 2 bridgehead atoms. The number of likely N-dealkylation sites (N-methyl/N-ethyl adjacent to an activating group) is 1. The van der Waals surface area contributed by atoms with Gasteiger partial charge in [0.05, 0.1) is 17.1 Å². The summed E-state index contributed by atoms with van der Waals surface area (Å²) in [5, 5.41) is 23.5. The van der Waals surface area contributed by atoms with Gasteiger partial charge in [0.2, 0.25) is 5.91 Å². The zero-order chi connectivity index (χ0) is 26.8. The van der Waals surface area contributed by atoms with E-state index in [-0.39, 0.29) is 29.8 Å². The van der Waals surface area contributed by atoms with Gasteiger partial charge in [-0.15, -0.1) is 0 Å². The van der Waals surface area contributed by atoms with Crippen molar-refractivity contribution < 1.29 is 19.7 Å². The van der Waals surface area contributed by atoms with E-state index < -0.39 is 11.0 Å². The number of phenols is 1. The second kappa shape index (κ2) is 9.52. The van der Waals surface area contributed by atoms with Crippen LogP contribution < -0.4 is 4.74 Å². The molecule has 2 aromatic carbocycles. The Kier molecular flexibility index (Phi) is 6.20. The molecular formula is C33H42N2O4. The van der Waals surface area contributed by atoms with Crippen LogP contribution in [0, 0.1) is 5.92 Å². The number of rotatable bonds is 9. The summed E-state index contributed by atoms with van der Waals surface area (Å²) in [5.41, 5.74) is 2.10. The smallest absolute Gasteiger partial charge is 0.222 e. The Labute approximate surface area is 232 Å². The Balaban J connectivity index is 1.10. The molecule has 5 atom stereocenters. The highest BCUT2D eigenvalue weighted by Gasteiger charge is 2.73. The lowest BCUT2D eigenvalue weighted by Gasteiger charge is -2.64. The van der Waals surface area contributed by atoms with Gasteiger partial charge >= 0.3 is 0 Å². The van der Waals surface area contributed by atoms with E-state index in [0.717, 1.165) is 69.5 Å². The minimum absolute atomic E-state index is 0.0625. The summed E-state index contributed by atoms with van der Waals surface area (Å²) >= 11 is 0. The van der Waals surface area contributed by atoms with Crippen LogP contribution in [0.4, 0.5) is 0 Å². The topological polar surface area (TPSA) is 73.2 Å². The number of ether oxygens (including phenoxy) is 1. The maximum atomic E-state index is 13.4. The molecule has 0 aromatic heterocycles. The molecule has 2 aromatic rings. The van der Waals surface area contributed by atoms with Crippen LogP contribution in [0.2, 0.25) is 0 Å². The van der Waals surface area contributed by atoms with Crippen molar-refractivity contribution in [3.8, 4) is 11.5 Å². The first-order valence-corrected chi connectivity index (χ1v) is 15.2. The molecule has 3 aliphatic carbocycles. The van der Waals surface area contributed by atoms with Gasteiger partial charge in [-0.3, -0.25) is 9.69 Å². The summed E-state index contributed by atoms with van der Waals surface area (Å²) in [5.74, 6) is 1.63. The van der Waals surface area contributed by atoms with E-state index in [2.05, 4.69) is 29.2 Å². The molecule has 5 aliphatic rings. The maximum Gasteiger partial charge on any atom is 0.222 e. The molecule has 3 fully saturated rings. The largest absolute Gasteiger partial charge is 0.504 e. The zero-order valence-electron chi connectivity index (χ0n) is 23.1. The summed E-state index contributed by atoms with van der Waals surface area (Å²) in [6.45, 7) is 2.00. The average Bonchev–Trinajstić information content (AvgIpc) is 3.68. The van der Waals surface area contributed by atoms with E-state index in [0.29, 0.717) is 18.6 Å². The Morgan fingerprint density at radius 2 is 1.90 bits per heavy atom. The molecule has 0 radical (unpaired) electrons. The molecule has 0 unspecified atom stereocenters. The van der Waals surface area contributed by atoms with Gasteiger partial charge in [-0.2, -0.15) is 0 Å². The van der Waals surface area contributed by atoms with E-state index in [4.69, 9.17) is 4.74 Å². The number of nitrogens with zero attached hydrogens (tertiary/aromatic N) is 2. The number of benzene rings is 2.